The molecule has 2 rings (SSSR count). The average Bonchev–Trinajstić information content (AvgIpc) is 2.49. The van der Waals surface area contributed by atoms with Crippen LogP contribution in [-0.2, 0) is 10.0 Å². The third kappa shape index (κ3) is 4.41. The molecule has 5 nitrogen and oxygen atoms in total. The van der Waals surface area contributed by atoms with Gasteiger partial charge in [-0.1, -0.05) is 32.6 Å². The van der Waals surface area contributed by atoms with Crippen LogP contribution >= 0.6 is 0 Å². The lowest BCUT2D eigenvalue weighted by molar-refractivity contribution is 0.278. The van der Waals surface area contributed by atoms with Crippen LogP contribution in [0.1, 0.15) is 39.0 Å². The highest BCUT2D eigenvalue weighted by molar-refractivity contribution is 7.89. The van der Waals surface area contributed by atoms with Crippen LogP contribution < -0.4 is 10.0 Å². The summed E-state index contributed by atoms with van der Waals surface area (Å²) in [5, 5.41) is 2.82. The average molecular weight is 311 g/mol. The molecule has 6 heteroatoms. The van der Waals surface area contributed by atoms with E-state index in [0.29, 0.717) is 18.3 Å². The van der Waals surface area contributed by atoms with Gasteiger partial charge in [-0.2, -0.15) is 0 Å². The first-order valence-corrected chi connectivity index (χ1v) is 9.13. The van der Waals surface area contributed by atoms with Gasteiger partial charge in [-0.05, 0) is 30.4 Å². The molecule has 0 radical (unpaired) electrons. The van der Waals surface area contributed by atoms with Crippen molar-refractivity contribution in [3.63, 3.8) is 0 Å². The molecule has 0 aliphatic heterocycles. The van der Waals surface area contributed by atoms with Gasteiger partial charge < -0.3 is 5.32 Å². The Balaban J connectivity index is 1.89. The summed E-state index contributed by atoms with van der Waals surface area (Å²) in [5.41, 5.74) is 0. The van der Waals surface area contributed by atoms with Crippen molar-refractivity contribution in [1.29, 1.82) is 0 Å². The maximum Gasteiger partial charge on any atom is 0.244 e. The number of rotatable bonds is 6. The molecular formula is C15H25N3O2S. The summed E-state index contributed by atoms with van der Waals surface area (Å²) >= 11 is 0. The monoisotopic (exact) mass is 311 g/mol. The van der Waals surface area contributed by atoms with E-state index in [-0.39, 0.29) is 4.90 Å². The minimum absolute atomic E-state index is 0.213. The number of nitrogens with one attached hydrogen (secondary N) is 2. The first-order chi connectivity index (χ1) is 10.0. The van der Waals surface area contributed by atoms with Crippen LogP contribution in [0.2, 0.25) is 0 Å². The molecule has 1 heterocycles. The fourth-order valence-electron chi connectivity index (χ4n) is 2.89. The van der Waals surface area contributed by atoms with Gasteiger partial charge in [0.25, 0.3) is 0 Å². The largest absolute Gasteiger partial charge is 0.372 e. The minimum Gasteiger partial charge on any atom is -0.372 e. The van der Waals surface area contributed by atoms with Crippen LogP contribution in [0.4, 0.5) is 5.82 Å². The summed E-state index contributed by atoms with van der Waals surface area (Å²) in [6.07, 6.45) is 7.47. The van der Waals surface area contributed by atoms with Crippen LogP contribution in [0.15, 0.2) is 23.2 Å². The molecule has 1 aliphatic rings. The van der Waals surface area contributed by atoms with Gasteiger partial charge in [0, 0.05) is 19.8 Å². The molecule has 0 aromatic carbocycles. The van der Waals surface area contributed by atoms with E-state index in [2.05, 4.69) is 21.9 Å². The van der Waals surface area contributed by atoms with Crippen molar-refractivity contribution in [3.8, 4) is 0 Å². The molecule has 0 atom stereocenters. The van der Waals surface area contributed by atoms with Crippen LogP contribution in [0.25, 0.3) is 0 Å². The summed E-state index contributed by atoms with van der Waals surface area (Å²) in [4.78, 5) is 4.25. The fourth-order valence-corrected chi connectivity index (χ4v) is 4.10. The predicted octanol–water partition coefficient (Wildman–Crippen LogP) is 2.62. The van der Waals surface area contributed by atoms with Gasteiger partial charge in [0.15, 0.2) is 0 Å². The lowest BCUT2D eigenvalue weighted by Crippen LogP contribution is -2.27. The normalized spacial score (nSPS) is 23.0. The Kier molecular flexibility index (Phi) is 5.58. The molecule has 0 spiro atoms. The molecule has 0 bridgehead atoms. The molecule has 1 aromatic heterocycles. The second-order valence-electron chi connectivity index (χ2n) is 5.91. The zero-order valence-corrected chi connectivity index (χ0v) is 13.6. The molecule has 21 heavy (non-hydrogen) atoms. The van der Waals surface area contributed by atoms with E-state index < -0.39 is 10.0 Å². The summed E-state index contributed by atoms with van der Waals surface area (Å²) in [6.45, 7) is 2.79. The van der Waals surface area contributed by atoms with Gasteiger partial charge in [0.05, 0.1) is 0 Å². The zero-order valence-electron chi connectivity index (χ0n) is 12.8. The number of nitrogens with zero attached hydrogens (tertiary/aromatic N) is 1. The minimum atomic E-state index is -3.49. The lowest BCUT2D eigenvalue weighted by atomic mass is 9.81. The molecule has 1 aliphatic carbocycles. The van der Waals surface area contributed by atoms with E-state index in [0.717, 1.165) is 12.3 Å². The first kappa shape index (κ1) is 16.2. The molecule has 118 valence electrons. The Morgan fingerprint density at radius 3 is 2.67 bits per heavy atom. The van der Waals surface area contributed by atoms with Gasteiger partial charge in [-0.15, -0.1) is 0 Å². The van der Waals surface area contributed by atoms with Gasteiger partial charge in [0.1, 0.15) is 10.7 Å². The molecule has 0 amide bonds. The lowest BCUT2D eigenvalue weighted by Gasteiger charge is -2.26. The SMILES string of the molecule is CNc1ncccc1S(=O)(=O)NCCC1CCC(C)CC1. The first-order valence-electron chi connectivity index (χ1n) is 7.65. The number of pyridine rings is 1. The number of sulfonamides is 1. The van der Waals surface area contributed by atoms with Crippen molar-refractivity contribution >= 4 is 15.8 Å². The summed E-state index contributed by atoms with van der Waals surface area (Å²) < 4.78 is 27.3. The predicted molar refractivity (Wildman–Crippen MR) is 84.7 cm³/mol. The van der Waals surface area contributed by atoms with Crippen molar-refractivity contribution in [2.75, 3.05) is 18.9 Å². The van der Waals surface area contributed by atoms with Crippen molar-refractivity contribution in [2.24, 2.45) is 11.8 Å². The van der Waals surface area contributed by atoms with Gasteiger partial charge in [0.2, 0.25) is 10.0 Å². The topological polar surface area (TPSA) is 71.1 Å². The second kappa shape index (κ2) is 7.22. The molecule has 0 unspecified atom stereocenters. The Hall–Kier alpha value is -1.14. The standard InChI is InChI=1S/C15H25N3O2S/c1-12-5-7-13(8-6-12)9-11-18-21(19,20)14-4-3-10-17-15(14)16-2/h3-4,10,12-13,18H,5-9,11H2,1-2H3,(H,16,17). The Morgan fingerprint density at radius 2 is 2.00 bits per heavy atom. The van der Waals surface area contributed by atoms with Crippen LogP contribution in [0.5, 0.6) is 0 Å². The van der Waals surface area contributed by atoms with E-state index in [1.54, 1.807) is 25.4 Å². The van der Waals surface area contributed by atoms with Gasteiger partial charge in [-0.3, -0.25) is 0 Å². The summed E-state index contributed by atoms with van der Waals surface area (Å²) in [7, 11) is -1.82. The molecule has 1 saturated carbocycles. The summed E-state index contributed by atoms with van der Waals surface area (Å²) in [5.74, 6) is 1.87. The fraction of sp³-hybridized carbons (Fsp3) is 0.667. The number of anilines is 1. The summed E-state index contributed by atoms with van der Waals surface area (Å²) in [6, 6.07) is 3.21. The maximum absolute atomic E-state index is 12.3. The van der Waals surface area contributed by atoms with Crippen molar-refractivity contribution in [3.05, 3.63) is 18.3 Å². The highest BCUT2D eigenvalue weighted by atomic mass is 32.2. The van der Waals surface area contributed by atoms with E-state index in [1.165, 1.54) is 25.7 Å². The molecular weight excluding hydrogens is 286 g/mol. The second-order valence-corrected chi connectivity index (χ2v) is 7.65. The number of hydrogen-bond acceptors (Lipinski definition) is 4. The quantitative estimate of drug-likeness (QED) is 0.847. The van der Waals surface area contributed by atoms with E-state index >= 15 is 0 Å². The van der Waals surface area contributed by atoms with Crippen LogP contribution in [0, 0.1) is 11.8 Å². The Bertz CT molecular complexity index is 552. The zero-order chi connectivity index (χ0) is 15.3. The third-order valence-electron chi connectivity index (χ3n) is 4.28. The van der Waals surface area contributed by atoms with E-state index in [1.807, 2.05) is 0 Å². The van der Waals surface area contributed by atoms with Crippen molar-refractivity contribution in [1.82, 2.24) is 9.71 Å². The van der Waals surface area contributed by atoms with Gasteiger partial charge >= 0.3 is 0 Å². The number of aromatic nitrogens is 1. The maximum atomic E-state index is 12.3. The third-order valence-corrected chi connectivity index (χ3v) is 5.77. The van der Waals surface area contributed by atoms with E-state index in [9.17, 15) is 8.42 Å². The van der Waals surface area contributed by atoms with Crippen molar-refractivity contribution < 1.29 is 8.42 Å². The van der Waals surface area contributed by atoms with Crippen molar-refractivity contribution in [2.45, 2.75) is 43.9 Å². The highest BCUT2D eigenvalue weighted by Crippen LogP contribution is 2.30. The van der Waals surface area contributed by atoms with E-state index in [4.69, 9.17) is 0 Å². The molecule has 1 aromatic rings. The van der Waals surface area contributed by atoms with Crippen LogP contribution in [-0.4, -0.2) is 27.0 Å². The van der Waals surface area contributed by atoms with Crippen LogP contribution in [0.3, 0.4) is 0 Å². The smallest absolute Gasteiger partial charge is 0.244 e. The molecule has 2 N–H and O–H groups in total. The molecule has 0 saturated heterocycles. The number of hydrogen-bond donors (Lipinski definition) is 2. The Morgan fingerprint density at radius 1 is 1.29 bits per heavy atom. The highest BCUT2D eigenvalue weighted by Gasteiger charge is 2.21. The van der Waals surface area contributed by atoms with Gasteiger partial charge in [-0.25, -0.2) is 18.1 Å². The molecule has 1 fully saturated rings. The Labute approximate surface area is 127 Å².